The molecule has 0 radical (unpaired) electrons. The van der Waals surface area contributed by atoms with Crippen LogP contribution in [-0.4, -0.2) is 52.4 Å². The first-order valence-electron chi connectivity index (χ1n) is 8.87. The van der Waals surface area contributed by atoms with Gasteiger partial charge in [0.1, 0.15) is 0 Å². The summed E-state index contributed by atoms with van der Waals surface area (Å²) in [7, 11) is 0. The molecule has 0 bridgehead atoms. The molecule has 0 unspecified atom stereocenters. The third-order valence-corrected chi connectivity index (χ3v) is 6.33. The van der Waals surface area contributed by atoms with E-state index in [1.807, 2.05) is 25.1 Å². The summed E-state index contributed by atoms with van der Waals surface area (Å²) < 4.78 is 38.2. The topological polar surface area (TPSA) is 49.3 Å². The van der Waals surface area contributed by atoms with Crippen molar-refractivity contribution >= 4 is 34.1 Å². The molecule has 0 N–H and O–H groups in total. The standard InChI is InChI=1S/C18H21F3N4OS2/c1-11(2)27-14-5-4-12(3)10-13(14)15(26)24-6-8-25(9-7-24)17-23-22-16(28-17)18(19,20)21/h4-5,10-11H,6-9H2,1-3H3. The van der Waals surface area contributed by atoms with Gasteiger partial charge in [-0.15, -0.1) is 22.0 Å². The van der Waals surface area contributed by atoms with Gasteiger partial charge in [0.05, 0.1) is 5.56 Å². The number of carbonyl (C=O) groups is 1. The van der Waals surface area contributed by atoms with E-state index in [9.17, 15) is 18.0 Å². The number of thioether (sulfide) groups is 1. The van der Waals surface area contributed by atoms with Crippen LogP contribution in [0.5, 0.6) is 0 Å². The van der Waals surface area contributed by atoms with Crippen LogP contribution in [0.15, 0.2) is 23.1 Å². The van der Waals surface area contributed by atoms with Crippen LogP contribution >= 0.6 is 23.1 Å². The fourth-order valence-electron chi connectivity index (χ4n) is 2.90. The molecule has 1 aliphatic heterocycles. The van der Waals surface area contributed by atoms with Crippen molar-refractivity contribution in [2.45, 2.75) is 37.1 Å². The smallest absolute Gasteiger partial charge is 0.343 e. The van der Waals surface area contributed by atoms with Gasteiger partial charge in [0.15, 0.2) is 0 Å². The zero-order chi connectivity index (χ0) is 20.5. The number of aryl methyl sites for hydroxylation is 1. The Balaban J connectivity index is 1.69. The monoisotopic (exact) mass is 430 g/mol. The average molecular weight is 431 g/mol. The zero-order valence-corrected chi connectivity index (χ0v) is 17.4. The van der Waals surface area contributed by atoms with Gasteiger partial charge in [-0.25, -0.2) is 0 Å². The molecule has 5 nitrogen and oxygen atoms in total. The van der Waals surface area contributed by atoms with Gasteiger partial charge < -0.3 is 9.80 Å². The number of alkyl halides is 3. The Morgan fingerprint density at radius 1 is 1.18 bits per heavy atom. The molecule has 1 aromatic carbocycles. The number of hydrogen-bond acceptors (Lipinski definition) is 6. The Morgan fingerprint density at radius 2 is 1.86 bits per heavy atom. The molecule has 1 aromatic heterocycles. The fourth-order valence-corrected chi connectivity index (χ4v) is 4.59. The van der Waals surface area contributed by atoms with E-state index in [-0.39, 0.29) is 11.0 Å². The van der Waals surface area contributed by atoms with Crippen LogP contribution in [-0.2, 0) is 6.18 Å². The van der Waals surface area contributed by atoms with E-state index >= 15 is 0 Å². The number of hydrogen-bond donors (Lipinski definition) is 0. The molecule has 0 aliphatic carbocycles. The Kier molecular flexibility index (Phi) is 6.18. The summed E-state index contributed by atoms with van der Waals surface area (Å²) in [6.07, 6.45) is -4.48. The van der Waals surface area contributed by atoms with Crippen LogP contribution in [0.25, 0.3) is 0 Å². The lowest BCUT2D eigenvalue weighted by atomic mass is 10.1. The van der Waals surface area contributed by atoms with Gasteiger partial charge in [0.2, 0.25) is 10.1 Å². The number of aromatic nitrogens is 2. The van der Waals surface area contributed by atoms with E-state index in [0.717, 1.165) is 10.5 Å². The molecule has 1 saturated heterocycles. The molecule has 10 heteroatoms. The molecule has 0 atom stereocenters. The summed E-state index contributed by atoms with van der Waals surface area (Å²) in [5.74, 6) is -0.0419. The maximum Gasteiger partial charge on any atom is 0.445 e. The fraction of sp³-hybridized carbons (Fsp3) is 0.500. The summed E-state index contributed by atoms with van der Waals surface area (Å²) >= 11 is 2.18. The highest BCUT2D eigenvalue weighted by molar-refractivity contribution is 8.00. The quantitative estimate of drug-likeness (QED) is 0.676. The van der Waals surface area contributed by atoms with Gasteiger partial charge in [0.25, 0.3) is 5.91 Å². The second-order valence-corrected chi connectivity index (χ2v) is 9.41. The number of halogens is 3. The normalized spacial score (nSPS) is 15.4. The number of carbonyl (C=O) groups excluding carboxylic acids is 1. The molecule has 0 spiro atoms. The summed E-state index contributed by atoms with van der Waals surface area (Å²) in [6, 6.07) is 5.87. The first-order chi connectivity index (χ1) is 13.1. The lowest BCUT2D eigenvalue weighted by molar-refractivity contribution is -0.138. The van der Waals surface area contributed by atoms with Crippen LogP contribution in [0.2, 0.25) is 0 Å². The van der Waals surface area contributed by atoms with Crippen molar-refractivity contribution in [2.24, 2.45) is 0 Å². The molecule has 1 fully saturated rings. The van der Waals surface area contributed by atoms with Crippen molar-refractivity contribution in [3.05, 3.63) is 34.3 Å². The Morgan fingerprint density at radius 3 is 2.43 bits per heavy atom. The number of amides is 1. The maximum atomic E-state index is 13.1. The Labute approximate surface area is 169 Å². The van der Waals surface area contributed by atoms with Crippen molar-refractivity contribution < 1.29 is 18.0 Å². The van der Waals surface area contributed by atoms with E-state index < -0.39 is 11.2 Å². The number of benzene rings is 1. The molecule has 2 heterocycles. The van der Waals surface area contributed by atoms with Crippen molar-refractivity contribution in [1.82, 2.24) is 15.1 Å². The summed E-state index contributed by atoms with van der Waals surface area (Å²) in [4.78, 5) is 17.5. The second-order valence-electron chi connectivity index (χ2n) is 6.83. The van der Waals surface area contributed by atoms with Gasteiger partial charge in [-0.1, -0.05) is 36.8 Å². The molecule has 2 aromatic rings. The number of nitrogens with zero attached hydrogens (tertiary/aromatic N) is 4. The zero-order valence-electron chi connectivity index (χ0n) is 15.8. The first-order valence-corrected chi connectivity index (χ1v) is 10.6. The highest BCUT2D eigenvalue weighted by Gasteiger charge is 2.36. The van der Waals surface area contributed by atoms with Gasteiger partial charge in [-0.2, -0.15) is 13.2 Å². The molecule has 1 aliphatic rings. The molecule has 3 rings (SSSR count). The molecule has 28 heavy (non-hydrogen) atoms. The van der Waals surface area contributed by atoms with Crippen molar-refractivity contribution in [3.63, 3.8) is 0 Å². The summed E-state index contributed by atoms with van der Waals surface area (Å²) in [5.41, 5.74) is 1.70. The van der Waals surface area contributed by atoms with E-state index in [1.165, 1.54) is 0 Å². The van der Waals surface area contributed by atoms with Crippen LogP contribution in [0.3, 0.4) is 0 Å². The van der Waals surface area contributed by atoms with Gasteiger partial charge in [-0.3, -0.25) is 4.79 Å². The van der Waals surface area contributed by atoms with Gasteiger partial charge in [0, 0.05) is 36.3 Å². The van der Waals surface area contributed by atoms with Crippen LogP contribution in [0.4, 0.5) is 18.3 Å². The van der Waals surface area contributed by atoms with Crippen LogP contribution in [0.1, 0.15) is 34.8 Å². The largest absolute Gasteiger partial charge is 0.445 e. The minimum atomic E-state index is -4.48. The summed E-state index contributed by atoms with van der Waals surface area (Å²) in [5, 5.41) is 6.54. The molecule has 152 valence electrons. The minimum absolute atomic E-state index is 0.0419. The van der Waals surface area contributed by atoms with E-state index in [4.69, 9.17) is 0 Å². The van der Waals surface area contributed by atoms with E-state index in [0.29, 0.717) is 48.3 Å². The SMILES string of the molecule is Cc1ccc(SC(C)C)c(C(=O)N2CCN(c3nnc(C(F)(F)F)s3)CC2)c1. The molecule has 0 saturated carbocycles. The van der Waals surface area contributed by atoms with Crippen molar-refractivity contribution in [3.8, 4) is 0 Å². The van der Waals surface area contributed by atoms with Crippen molar-refractivity contribution in [2.75, 3.05) is 31.1 Å². The lowest BCUT2D eigenvalue weighted by Gasteiger charge is -2.34. The number of rotatable bonds is 4. The molecular weight excluding hydrogens is 409 g/mol. The highest BCUT2D eigenvalue weighted by Crippen LogP contribution is 2.35. The molecular formula is C18H21F3N4OS2. The van der Waals surface area contributed by atoms with E-state index in [1.54, 1.807) is 21.6 Å². The summed E-state index contributed by atoms with van der Waals surface area (Å²) in [6.45, 7) is 7.82. The average Bonchev–Trinajstić information content (AvgIpc) is 3.13. The third-order valence-electron chi connectivity index (χ3n) is 4.22. The van der Waals surface area contributed by atoms with Gasteiger partial charge in [-0.05, 0) is 19.1 Å². The minimum Gasteiger partial charge on any atom is -0.343 e. The van der Waals surface area contributed by atoms with Gasteiger partial charge >= 0.3 is 6.18 Å². The highest BCUT2D eigenvalue weighted by atomic mass is 32.2. The number of piperazine rings is 1. The first kappa shape index (κ1) is 20.9. The second kappa shape index (κ2) is 8.28. The Bertz CT molecular complexity index is 846. The lowest BCUT2D eigenvalue weighted by Crippen LogP contribution is -2.49. The van der Waals surface area contributed by atoms with Crippen LogP contribution < -0.4 is 4.90 Å². The Hall–Kier alpha value is -1.81. The third kappa shape index (κ3) is 4.78. The molecule has 1 amide bonds. The number of anilines is 1. The predicted octanol–water partition coefficient (Wildman–Crippen LogP) is 4.33. The van der Waals surface area contributed by atoms with Crippen LogP contribution in [0, 0.1) is 6.92 Å². The maximum absolute atomic E-state index is 13.1. The predicted molar refractivity (Wildman–Crippen MR) is 105 cm³/mol. The van der Waals surface area contributed by atoms with E-state index in [2.05, 4.69) is 24.0 Å². The van der Waals surface area contributed by atoms with Crippen molar-refractivity contribution in [1.29, 1.82) is 0 Å².